The Bertz CT molecular complexity index is 830. The van der Waals surface area contributed by atoms with Crippen LogP contribution in [0.15, 0.2) is 42.6 Å². The Morgan fingerprint density at radius 3 is 2.76 bits per heavy atom. The molecule has 0 radical (unpaired) electrons. The molecule has 1 amide bonds. The van der Waals surface area contributed by atoms with E-state index < -0.39 is 17.7 Å². The van der Waals surface area contributed by atoms with Crippen LogP contribution in [0.1, 0.15) is 18.4 Å². The lowest BCUT2D eigenvalue weighted by Gasteiger charge is -2.34. The third-order valence-corrected chi connectivity index (χ3v) is 4.92. The third kappa shape index (κ3) is 5.76. The van der Waals surface area contributed by atoms with Crippen molar-refractivity contribution in [1.29, 1.82) is 0 Å². The quantitative estimate of drug-likeness (QED) is 0.703. The number of piperidine rings is 1. The second-order valence-electron chi connectivity index (χ2n) is 6.75. The monoisotopic (exact) mass is 427 g/mol. The molecule has 1 fully saturated rings. The predicted molar refractivity (Wildman–Crippen MR) is 104 cm³/mol. The predicted octanol–water partition coefficient (Wildman–Crippen LogP) is 4.17. The van der Waals surface area contributed by atoms with E-state index in [1.807, 2.05) is 0 Å². The Labute approximate surface area is 171 Å². The van der Waals surface area contributed by atoms with Gasteiger partial charge in [0.15, 0.2) is 0 Å². The number of pyridine rings is 1. The zero-order valence-electron chi connectivity index (χ0n) is 15.6. The van der Waals surface area contributed by atoms with Crippen molar-refractivity contribution < 1.29 is 22.7 Å². The summed E-state index contributed by atoms with van der Waals surface area (Å²) in [7, 11) is 0. The van der Waals surface area contributed by atoms with Gasteiger partial charge in [-0.1, -0.05) is 11.6 Å². The minimum absolute atomic E-state index is 0.122. The molecule has 2 heterocycles. The van der Waals surface area contributed by atoms with E-state index in [0.29, 0.717) is 36.7 Å². The number of nitrogens with zero attached hydrogens (tertiary/aromatic N) is 2. The molecule has 156 valence electrons. The first-order valence-corrected chi connectivity index (χ1v) is 9.65. The van der Waals surface area contributed by atoms with E-state index in [-0.39, 0.29) is 24.9 Å². The highest BCUT2D eigenvalue weighted by atomic mass is 35.5. The van der Waals surface area contributed by atoms with Crippen LogP contribution in [0.3, 0.4) is 0 Å². The van der Waals surface area contributed by atoms with E-state index in [2.05, 4.69) is 10.3 Å². The van der Waals surface area contributed by atoms with Gasteiger partial charge in [-0.2, -0.15) is 13.2 Å². The van der Waals surface area contributed by atoms with Crippen LogP contribution in [0.4, 0.5) is 19.0 Å². The Balaban J connectivity index is 1.53. The van der Waals surface area contributed by atoms with E-state index in [1.54, 1.807) is 29.2 Å². The van der Waals surface area contributed by atoms with E-state index in [4.69, 9.17) is 16.3 Å². The summed E-state index contributed by atoms with van der Waals surface area (Å²) in [5.41, 5.74) is -0.780. The fourth-order valence-electron chi connectivity index (χ4n) is 3.27. The SMILES string of the molecule is O=C(NCCOc1ccc(Cl)cc1)C1CCCN(c2ncccc2C(F)(F)F)C1. The zero-order valence-corrected chi connectivity index (χ0v) is 16.3. The number of anilines is 1. The lowest BCUT2D eigenvalue weighted by Crippen LogP contribution is -2.44. The Morgan fingerprint density at radius 2 is 2.03 bits per heavy atom. The van der Waals surface area contributed by atoms with Crippen LogP contribution >= 0.6 is 11.6 Å². The van der Waals surface area contributed by atoms with Crippen LogP contribution in [0.25, 0.3) is 0 Å². The standard InChI is InChI=1S/C20H21ClF3N3O2/c21-15-5-7-16(8-6-15)29-12-10-26-19(28)14-3-2-11-27(13-14)18-17(20(22,23)24)4-1-9-25-18/h1,4-9,14H,2-3,10-13H2,(H,26,28). The van der Waals surface area contributed by atoms with Crippen LogP contribution in [0, 0.1) is 5.92 Å². The summed E-state index contributed by atoms with van der Waals surface area (Å²) in [4.78, 5) is 17.9. The lowest BCUT2D eigenvalue weighted by atomic mass is 9.96. The summed E-state index contributed by atoms with van der Waals surface area (Å²) in [6.07, 6.45) is -1.91. The van der Waals surface area contributed by atoms with Crippen LogP contribution in [-0.4, -0.2) is 37.1 Å². The normalized spacial score (nSPS) is 17.1. The maximum atomic E-state index is 13.3. The number of halogens is 4. The summed E-state index contributed by atoms with van der Waals surface area (Å²) in [5.74, 6) is -0.0767. The number of carbonyl (C=O) groups is 1. The molecular formula is C20H21ClF3N3O2. The molecule has 0 bridgehead atoms. The second kappa shape index (κ2) is 9.35. The molecule has 1 unspecified atom stereocenters. The molecule has 1 saturated heterocycles. The first-order chi connectivity index (χ1) is 13.8. The molecule has 3 rings (SSSR count). The largest absolute Gasteiger partial charge is 0.492 e. The van der Waals surface area contributed by atoms with E-state index in [9.17, 15) is 18.0 Å². The number of amides is 1. The van der Waals surface area contributed by atoms with Crippen molar-refractivity contribution in [2.45, 2.75) is 19.0 Å². The van der Waals surface area contributed by atoms with Gasteiger partial charge in [0, 0.05) is 24.3 Å². The molecule has 0 spiro atoms. The van der Waals surface area contributed by atoms with Crippen molar-refractivity contribution in [2.75, 3.05) is 31.1 Å². The van der Waals surface area contributed by atoms with Gasteiger partial charge in [-0.3, -0.25) is 4.79 Å². The topological polar surface area (TPSA) is 54.5 Å². The van der Waals surface area contributed by atoms with Gasteiger partial charge in [-0.15, -0.1) is 0 Å². The summed E-state index contributed by atoms with van der Waals surface area (Å²) in [6.45, 7) is 1.21. The molecule has 1 N–H and O–H groups in total. The van der Waals surface area contributed by atoms with Crippen LogP contribution in [-0.2, 0) is 11.0 Å². The van der Waals surface area contributed by atoms with Crippen molar-refractivity contribution in [3.63, 3.8) is 0 Å². The second-order valence-corrected chi connectivity index (χ2v) is 7.19. The molecule has 1 atom stereocenters. The van der Waals surface area contributed by atoms with E-state index in [0.717, 1.165) is 6.07 Å². The van der Waals surface area contributed by atoms with Crippen LogP contribution in [0.5, 0.6) is 5.75 Å². The van der Waals surface area contributed by atoms with Crippen molar-refractivity contribution in [2.24, 2.45) is 5.92 Å². The fourth-order valence-corrected chi connectivity index (χ4v) is 3.40. The Kier molecular flexibility index (Phi) is 6.84. The molecule has 1 aromatic heterocycles. The number of carbonyl (C=O) groups excluding carboxylic acids is 1. The van der Waals surface area contributed by atoms with Crippen molar-refractivity contribution in [1.82, 2.24) is 10.3 Å². The Hall–Kier alpha value is -2.48. The molecular weight excluding hydrogens is 407 g/mol. The highest BCUT2D eigenvalue weighted by Crippen LogP contribution is 2.36. The van der Waals surface area contributed by atoms with Gasteiger partial charge >= 0.3 is 6.18 Å². The lowest BCUT2D eigenvalue weighted by molar-refractivity contribution is -0.137. The first kappa shape index (κ1) is 21.2. The molecule has 0 saturated carbocycles. The average molecular weight is 428 g/mol. The molecule has 1 aromatic carbocycles. The number of ether oxygens (including phenoxy) is 1. The van der Waals surface area contributed by atoms with Crippen molar-refractivity contribution in [3.8, 4) is 5.75 Å². The molecule has 2 aromatic rings. The van der Waals surface area contributed by atoms with E-state index >= 15 is 0 Å². The molecule has 5 nitrogen and oxygen atoms in total. The smallest absolute Gasteiger partial charge is 0.419 e. The van der Waals surface area contributed by atoms with Gasteiger partial charge < -0.3 is 15.0 Å². The first-order valence-electron chi connectivity index (χ1n) is 9.28. The number of aromatic nitrogens is 1. The van der Waals surface area contributed by atoms with Gasteiger partial charge in [-0.25, -0.2) is 4.98 Å². The maximum absolute atomic E-state index is 13.3. The van der Waals surface area contributed by atoms with Crippen LogP contribution < -0.4 is 15.0 Å². The number of benzene rings is 1. The highest BCUT2D eigenvalue weighted by Gasteiger charge is 2.37. The van der Waals surface area contributed by atoms with Crippen molar-refractivity contribution >= 4 is 23.3 Å². The van der Waals surface area contributed by atoms with Crippen molar-refractivity contribution in [3.05, 3.63) is 53.2 Å². The maximum Gasteiger partial charge on any atom is 0.419 e. The summed E-state index contributed by atoms with van der Waals surface area (Å²) in [6, 6.07) is 9.15. The van der Waals surface area contributed by atoms with Gasteiger partial charge in [0.1, 0.15) is 18.2 Å². The molecule has 0 aliphatic carbocycles. The van der Waals surface area contributed by atoms with Gasteiger partial charge in [0.25, 0.3) is 0 Å². The molecule has 29 heavy (non-hydrogen) atoms. The van der Waals surface area contributed by atoms with Gasteiger partial charge in [-0.05, 0) is 49.2 Å². The summed E-state index contributed by atoms with van der Waals surface area (Å²) in [5, 5.41) is 3.40. The fraction of sp³-hybridized carbons (Fsp3) is 0.400. The summed E-state index contributed by atoms with van der Waals surface area (Å²) < 4.78 is 45.3. The molecule has 1 aliphatic heterocycles. The number of hydrogen-bond acceptors (Lipinski definition) is 4. The third-order valence-electron chi connectivity index (χ3n) is 4.67. The number of hydrogen-bond donors (Lipinski definition) is 1. The Morgan fingerprint density at radius 1 is 1.28 bits per heavy atom. The zero-order chi connectivity index (χ0) is 20.9. The average Bonchev–Trinajstić information content (AvgIpc) is 2.72. The van der Waals surface area contributed by atoms with Crippen LogP contribution in [0.2, 0.25) is 5.02 Å². The molecule has 9 heteroatoms. The highest BCUT2D eigenvalue weighted by molar-refractivity contribution is 6.30. The number of rotatable bonds is 6. The minimum atomic E-state index is -4.49. The summed E-state index contributed by atoms with van der Waals surface area (Å²) >= 11 is 5.81. The van der Waals surface area contributed by atoms with E-state index in [1.165, 1.54) is 12.3 Å². The molecule has 1 aliphatic rings. The van der Waals surface area contributed by atoms with Gasteiger partial charge in [0.2, 0.25) is 5.91 Å². The number of nitrogens with one attached hydrogen (secondary N) is 1. The minimum Gasteiger partial charge on any atom is -0.492 e. The van der Waals surface area contributed by atoms with Gasteiger partial charge in [0.05, 0.1) is 18.0 Å². The number of alkyl halides is 3.